The molecule has 1 aliphatic carbocycles. The molecule has 2 fully saturated rings. The molecule has 1 saturated carbocycles. The highest BCUT2D eigenvalue weighted by Crippen LogP contribution is 2.46. The minimum atomic E-state index is 0.0983. The first-order chi connectivity index (χ1) is 10.1. The molecule has 3 rings (SSSR count). The summed E-state index contributed by atoms with van der Waals surface area (Å²) in [7, 11) is 1.57. The molecule has 2 N–H and O–H groups in total. The second kappa shape index (κ2) is 5.58. The van der Waals surface area contributed by atoms with Gasteiger partial charge in [-0.1, -0.05) is 12.8 Å². The number of nitrogen functional groups attached to an aromatic ring is 1. The first-order valence-corrected chi connectivity index (χ1v) is 7.86. The number of methoxy groups -OCH3 is 1. The maximum Gasteiger partial charge on any atom is 0.253 e. The summed E-state index contributed by atoms with van der Waals surface area (Å²) in [6.45, 7) is 1.76. The Morgan fingerprint density at radius 1 is 1.19 bits per heavy atom. The summed E-state index contributed by atoms with van der Waals surface area (Å²) in [5, 5.41) is 0. The SMILES string of the molecule is COc1cc(C(=O)N2CCC3(CCCC3)CC2)ccc1N. The van der Waals surface area contributed by atoms with Gasteiger partial charge in [-0.3, -0.25) is 4.79 Å². The van der Waals surface area contributed by atoms with E-state index in [1.54, 1.807) is 25.3 Å². The first-order valence-electron chi connectivity index (χ1n) is 7.86. The molecule has 114 valence electrons. The summed E-state index contributed by atoms with van der Waals surface area (Å²) in [6.07, 6.45) is 7.75. The highest BCUT2D eigenvalue weighted by molar-refractivity contribution is 5.95. The van der Waals surface area contributed by atoms with Crippen LogP contribution >= 0.6 is 0 Å². The van der Waals surface area contributed by atoms with Crippen molar-refractivity contribution < 1.29 is 9.53 Å². The zero-order valence-corrected chi connectivity index (χ0v) is 12.7. The van der Waals surface area contributed by atoms with Gasteiger partial charge in [0, 0.05) is 18.7 Å². The first kappa shape index (κ1) is 14.2. The zero-order chi connectivity index (χ0) is 14.9. The maximum absolute atomic E-state index is 12.6. The molecule has 1 aromatic carbocycles. The van der Waals surface area contributed by atoms with Crippen LogP contribution in [-0.4, -0.2) is 31.0 Å². The van der Waals surface area contributed by atoms with E-state index in [4.69, 9.17) is 10.5 Å². The molecule has 0 radical (unpaired) electrons. The van der Waals surface area contributed by atoms with Crippen molar-refractivity contribution in [2.24, 2.45) is 5.41 Å². The minimum Gasteiger partial charge on any atom is -0.495 e. The van der Waals surface area contributed by atoms with Crippen LogP contribution in [0, 0.1) is 5.41 Å². The van der Waals surface area contributed by atoms with Gasteiger partial charge in [-0.2, -0.15) is 0 Å². The van der Waals surface area contributed by atoms with Crippen molar-refractivity contribution in [3.8, 4) is 5.75 Å². The van der Waals surface area contributed by atoms with Crippen molar-refractivity contribution in [1.82, 2.24) is 4.90 Å². The number of carbonyl (C=O) groups is 1. The fourth-order valence-corrected chi connectivity index (χ4v) is 3.84. The van der Waals surface area contributed by atoms with Gasteiger partial charge in [-0.25, -0.2) is 0 Å². The number of piperidine rings is 1. The van der Waals surface area contributed by atoms with Crippen LogP contribution in [0.1, 0.15) is 48.9 Å². The lowest BCUT2D eigenvalue weighted by Crippen LogP contribution is -2.42. The number of nitrogens with zero attached hydrogens (tertiary/aromatic N) is 1. The summed E-state index contributed by atoms with van der Waals surface area (Å²) >= 11 is 0. The summed E-state index contributed by atoms with van der Waals surface area (Å²) in [6, 6.07) is 5.28. The molecule has 4 nitrogen and oxygen atoms in total. The van der Waals surface area contributed by atoms with E-state index in [9.17, 15) is 4.79 Å². The second-order valence-electron chi connectivity index (χ2n) is 6.46. The Kier molecular flexibility index (Phi) is 3.79. The summed E-state index contributed by atoms with van der Waals surface area (Å²) in [5.41, 5.74) is 7.58. The fourth-order valence-electron chi connectivity index (χ4n) is 3.84. The lowest BCUT2D eigenvalue weighted by atomic mass is 9.77. The van der Waals surface area contributed by atoms with Crippen molar-refractivity contribution in [2.75, 3.05) is 25.9 Å². The van der Waals surface area contributed by atoms with Crippen molar-refractivity contribution in [3.05, 3.63) is 23.8 Å². The Balaban J connectivity index is 1.69. The van der Waals surface area contributed by atoms with Crippen molar-refractivity contribution in [1.29, 1.82) is 0 Å². The smallest absolute Gasteiger partial charge is 0.253 e. The van der Waals surface area contributed by atoms with Crippen LogP contribution in [0.2, 0.25) is 0 Å². The summed E-state index contributed by atoms with van der Waals surface area (Å²) in [5.74, 6) is 0.672. The van der Waals surface area contributed by atoms with Gasteiger partial charge in [0.1, 0.15) is 5.75 Å². The lowest BCUT2D eigenvalue weighted by molar-refractivity contribution is 0.0587. The molecule has 1 aliphatic heterocycles. The van der Waals surface area contributed by atoms with Gasteiger partial charge in [-0.05, 0) is 49.3 Å². The zero-order valence-electron chi connectivity index (χ0n) is 12.7. The van der Waals surface area contributed by atoms with E-state index in [0.717, 1.165) is 25.9 Å². The van der Waals surface area contributed by atoms with Gasteiger partial charge >= 0.3 is 0 Å². The average molecular weight is 288 g/mol. The van der Waals surface area contributed by atoms with Crippen LogP contribution in [0.4, 0.5) is 5.69 Å². The summed E-state index contributed by atoms with van der Waals surface area (Å²) in [4.78, 5) is 14.6. The topological polar surface area (TPSA) is 55.6 Å². The monoisotopic (exact) mass is 288 g/mol. The van der Waals surface area contributed by atoms with E-state index >= 15 is 0 Å². The molecule has 2 aliphatic rings. The van der Waals surface area contributed by atoms with Gasteiger partial charge < -0.3 is 15.4 Å². The molecule has 1 spiro atoms. The number of rotatable bonds is 2. The Morgan fingerprint density at radius 3 is 2.48 bits per heavy atom. The van der Waals surface area contributed by atoms with E-state index in [0.29, 0.717) is 22.4 Å². The van der Waals surface area contributed by atoms with Gasteiger partial charge in [0.05, 0.1) is 12.8 Å². The van der Waals surface area contributed by atoms with E-state index < -0.39 is 0 Å². The van der Waals surface area contributed by atoms with Gasteiger partial charge in [0.25, 0.3) is 5.91 Å². The van der Waals surface area contributed by atoms with E-state index in [1.807, 2.05) is 4.90 Å². The predicted octanol–water partition coefficient (Wildman–Crippen LogP) is 3.07. The van der Waals surface area contributed by atoms with Crippen LogP contribution in [0.25, 0.3) is 0 Å². The number of likely N-dealkylation sites (tertiary alicyclic amines) is 1. The lowest BCUT2D eigenvalue weighted by Gasteiger charge is -2.39. The van der Waals surface area contributed by atoms with Crippen LogP contribution in [0.15, 0.2) is 18.2 Å². The number of amides is 1. The molecule has 4 heteroatoms. The molecule has 1 amide bonds. The minimum absolute atomic E-state index is 0.0983. The molecule has 1 heterocycles. The predicted molar refractivity (Wildman–Crippen MR) is 83.4 cm³/mol. The van der Waals surface area contributed by atoms with Crippen LogP contribution in [0.3, 0.4) is 0 Å². The number of benzene rings is 1. The van der Waals surface area contributed by atoms with Crippen molar-refractivity contribution in [2.45, 2.75) is 38.5 Å². The van der Waals surface area contributed by atoms with Gasteiger partial charge in [0.2, 0.25) is 0 Å². The normalized spacial score (nSPS) is 20.7. The highest BCUT2D eigenvalue weighted by Gasteiger charge is 2.38. The second-order valence-corrected chi connectivity index (χ2v) is 6.46. The average Bonchev–Trinajstić information content (AvgIpc) is 2.96. The molecule has 21 heavy (non-hydrogen) atoms. The quantitative estimate of drug-likeness (QED) is 0.851. The number of anilines is 1. The number of hydrogen-bond donors (Lipinski definition) is 1. The Hall–Kier alpha value is -1.71. The van der Waals surface area contributed by atoms with Crippen molar-refractivity contribution in [3.63, 3.8) is 0 Å². The Morgan fingerprint density at radius 2 is 1.86 bits per heavy atom. The molecule has 0 atom stereocenters. The Labute approximate surface area is 126 Å². The molecule has 0 unspecified atom stereocenters. The Bertz CT molecular complexity index is 526. The van der Waals surface area contributed by atoms with Gasteiger partial charge in [-0.15, -0.1) is 0 Å². The van der Waals surface area contributed by atoms with E-state index in [2.05, 4.69) is 0 Å². The fraction of sp³-hybridized carbons (Fsp3) is 0.588. The van der Waals surface area contributed by atoms with E-state index in [1.165, 1.54) is 25.7 Å². The highest BCUT2D eigenvalue weighted by atomic mass is 16.5. The summed E-state index contributed by atoms with van der Waals surface area (Å²) < 4.78 is 5.20. The molecule has 1 saturated heterocycles. The number of carbonyl (C=O) groups excluding carboxylic acids is 1. The van der Waals surface area contributed by atoms with Crippen LogP contribution < -0.4 is 10.5 Å². The number of nitrogens with two attached hydrogens (primary N) is 1. The van der Waals surface area contributed by atoms with Crippen LogP contribution in [-0.2, 0) is 0 Å². The van der Waals surface area contributed by atoms with Gasteiger partial charge in [0.15, 0.2) is 0 Å². The van der Waals surface area contributed by atoms with Crippen LogP contribution in [0.5, 0.6) is 5.75 Å². The third-order valence-corrected chi connectivity index (χ3v) is 5.26. The molecular weight excluding hydrogens is 264 g/mol. The molecular formula is C17H24N2O2. The standard InChI is InChI=1S/C17H24N2O2/c1-21-15-12-13(4-5-14(15)18)16(20)19-10-8-17(9-11-19)6-2-3-7-17/h4-5,12H,2-3,6-11,18H2,1H3. The molecule has 1 aromatic rings. The number of ether oxygens (including phenoxy) is 1. The maximum atomic E-state index is 12.6. The third-order valence-electron chi connectivity index (χ3n) is 5.26. The largest absolute Gasteiger partial charge is 0.495 e. The third kappa shape index (κ3) is 2.71. The van der Waals surface area contributed by atoms with E-state index in [-0.39, 0.29) is 5.91 Å². The molecule has 0 bridgehead atoms. The number of hydrogen-bond acceptors (Lipinski definition) is 3. The molecule has 0 aromatic heterocycles. The van der Waals surface area contributed by atoms with Crippen molar-refractivity contribution >= 4 is 11.6 Å².